The summed E-state index contributed by atoms with van der Waals surface area (Å²) in [5.41, 5.74) is 1.61. The molecule has 0 aliphatic rings. The van der Waals surface area contributed by atoms with Gasteiger partial charge in [0, 0.05) is 36.1 Å². The minimum atomic E-state index is -0.125. The Bertz CT molecular complexity index is 650. The molecule has 1 atom stereocenters. The van der Waals surface area contributed by atoms with Crippen LogP contribution in [0.4, 0.5) is 5.69 Å². The molecule has 0 aliphatic heterocycles. The summed E-state index contributed by atoms with van der Waals surface area (Å²) in [5, 5.41) is 6.27. The monoisotopic (exact) mass is 333 g/mol. The molecule has 6 heteroatoms. The van der Waals surface area contributed by atoms with Crippen molar-refractivity contribution >= 4 is 23.2 Å². The van der Waals surface area contributed by atoms with Gasteiger partial charge in [-0.3, -0.25) is 9.78 Å². The molecule has 23 heavy (non-hydrogen) atoms. The summed E-state index contributed by atoms with van der Waals surface area (Å²) in [6.45, 7) is 2.86. The number of aromatic nitrogens is 1. The molecule has 5 nitrogen and oxygen atoms in total. The summed E-state index contributed by atoms with van der Waals surface area (Å²) in [6, 6.07) is 8.99. The number of carbonyl (C=O) groups excluding carboxylic acids is 1. The van der Waals surface area contributed by atoms with Crippen LogP contribution in [0.5, 0.6) is 5.75 Å². The van der Waals surface area contributed by atoms with Gasteiger partial charge in [0.15, 0.2) is 0 Å². The fraction of sp³-hybridized carbons (Fsp3) is 0.294. The maximum atomic E-state index is 12.0. The van der Waals surface area contributed by atoms with Crippen molar-refractivity contribution in [3.63, 3.8) is 0 Å². The number of rotatable bonds is 7. The zero-order chi connectivity index (χ0) is 16.7. The van der Waals surface area contributed by atoms with E-state index in [1.807, 2.05) is 26.1 Å². The molecule has 0 fully saturated rings. The van der Waals surface area contributed by atoms with E-state index in [2.05, 4.69) is 15.6 Å². The maximum Gasteiger partial charge on any atom is 0.228 e. The summed E-state index contributed by atoms with van der Waals surface area (Å²) in [7, 11) is 1.81. The number of halogens is 1. The molecule has 0 radical (unpaired) electrons. The van der Waals surface area contributed by atoms with E-state index in [1.54, 1.807) is 30.6 Å². The lowest BCUT2D eigenvalue weighted by molar-refractivity contribution is -0.119. The molecule has 1 aromatic carbocycles. The first-order valence-electron chi connectivity index (χ1n) is 7.37. The van der Waals surface area contributed by atoms with Gasteiger partial charge in [-0.2, -0.15) is 0 Å². The van der Waals surface area contributed by atoms with Crippen molar-refractivity contribution in [1.29, 1.82) is 0 Å². The molecule has 0 saturated carbocycles. The predicted molar refractivity (Wildman–Crippen MR) is 91.7 cm³/mol. The van der Waals surface area contributed by atoms with Crippen LogP contribution in [0.15, 0.2) is 42.7 Å². The molecule has 2 rings (SSSR count). The molecule has 1 amide bonds. The van der Waals surface area contributed by atoms with Gasteiger partial charge in [-0.1, -0.05) is 24.6 Å². The number of benzene rings is 1. The van der Waals surface area contributed by atoms with Gasteiger partial charge in [0.1, 0.15) is 12.4 Å². The third kappa shape index (κ3) is 5.23. The fourth-order valence-electron chi connectivity index (χ4n) is 2.00. The summed E-state index contributed by atoms with van der Waals surface area (Å²) in [4.78, 5) is 16.0. The van der Waals surface area contributed by atoms with E-state index in [-0.39, 0.29) is 11.8 Å². The third-order valence-corrected chi connectivity index (χ3v) is 3.57. The minimum Gasteiger partial charge on any atom is -0.487 e. The lowest BCUT2D eigenvalue weighted by atomic mass is 10.1. The Morgan fingerprint density at radius 3 is 2.87 bits per heavy atom. The molecule has 122 valence electrons. The number of nitrogens with one attached hydrogen (secondary N) is 2. The first-order valence-corrected chi connectivity index (χ1v) is 7.74. The van der Waals surface area contributed by atoms with E-state index in [9.17, 15) is 4.79 Å². The highest BCUT2D eigenvalue weighted by Crippen LogP contribution is 2.28. The summed E-state index contributed by atoms with van der Waals surface area (Å²) in [5.74, 6) is 0.386. The summed E-state index contributed by atoms with van der Waals surface area (Å²) >= 11 is 6.22. The quantitative estimate of drug-likeness (QED) is 0.817. The van der Waals surface area contributed by atoms with Gasteiger partial charge in [0.2, 0.25) is 5.91 Å². The second-order valence-corrected chi connectivity index (χ2v) is 5.65. The number of amides is 1. The highest BCUT2D eigenvalue weighted by molar-refractivity contribution is 6.32. The molecular formula is C17H20ClN3O2. The first-order chi connectivity index (χ1) is 11.1. The predicted octanol–water partition coefficient (Wildman–Crippen LogP) is 3.11. The van der Waals surface area contributed by atoms with Gasteiger partial charge in [-0.25, -0.2) is 0 Å². The average molecular weight is 334 g/mol. The normalized spacial score (nSPS) is 11.8. The van der Waals surface area contributed by atoms with Crippen molar-refractivity contribution in [3.05, 3.63) is 53.3 Å². The van der Waals surface area contributed by atoms with Crippen LogP contribution in [-0.2, 0) is 11.4 Å². The van der Waals surface area contributed by atoms with Crippen molar-refractivity contribution in [1.82, 2.24) is 10.3 Å². The van der Waals surface area contributed by atoms with Crippen LogP contribution in [0.1, 0.15) is 12.5 Å². The van der Waals surface area contributed by atoms with Crippen molar-refractivity contribution < 1.29 is 9.53 Å². The third-order valence-electron chi connectivity index (χ3n) is 3.27. The van der Waals surface area contributed by atoms with Crippen molar-refractivity contribution in [2.45, 2.75) is 13.5 Å². The maximum absolute atomic E-state index is 12.0. The zero-order valence-corrected chi connectivity index (χ0v) is 13.9. The Labute approximate surface area is 141 Å². The van der Waals surface area contributed by atoms with Gasteiger partial charge in [-0.05, 0) is 31.3 Å². The smallest absolute Gasteiger partial charge is 0.228 e. The number of pyridine rings is 1. The Morgan fingerprint density at radius 1 is 1.39 bits per heavy atom. The van der Waals surface area contributed by atoms with E-state index < -0.39 is 0 Å². The van der Waals surface area contributed by atoms with Gasteiger partial charge in [0.05, 0.1) is 5.02 Å². The minimum absolute atomic E-state index is 0.0561. The number of nitrogens with zero attached hydrogens (tertiary/aromatic N) is 1. The van der Waals surface area contributed by atoms with Gasteiger partial charge in [-0.15, -0.1) is 0 Å². The molecule has 0 spiro atoms. The molecule has 1 aromatic heterocycles. The van der Waals surface area contributed by atoms with Crippen molar-refractivity contribution in [2.75, 3.05) is 18.9 Å². The number of carbonyl (C=O) groups is 1. The topological polar surface area (TPSA) is 63.2 Å². The van der Waals surface area contributed by atoms with E-state index in [4.69, 9.17) is 16.3 Å². The van der Waals surface area contributed by atoms with Gasteiger partial charge in [0.25, 0.3) is 0 Å². The number of hydrogen-bond acceptors (Lipinski definition) is 4. The Balaban J connectivity index is 1.96. The number of ether oxygens (including phenoxy) is 1. The summed E-state index contributed by atoms with van der Waals surface area (Å²) < 4.78 is 5.67. The Kier molecular flexibility index (Phi) is 6.38. The largest absolute Gasteiger partial charge is 0.487 e. The van der Waals surface area contributed by atoms with E-state index >= 15 is 0 Å². The lowest BCUT2D eigenvalue weighted by Crippen LogP contribution is -2.28. The fourth-order valence-corrected chi connectivity index (χ4v) is 2.24. The van der Waals surface area contributed by atoms with Crippen LogP contribution in [0.3, 0.4) is 0 Å². The molecule has 0 bridgehead atoms. The first kappa shape index (κ1) is 17.2. The van der Waals surface area contributed by atoms with Crippen molar-refractivity contribution in [2.24, 2.45) is 5.92 Å². The SMILES string of the molecule is CNCC(C)C(=O)Nc1ccc(OCc2cccnc2)c(Cl)c1. The molecule has 2 aromatic rings. The standard InChI is InChI=1S/C17H20ClN3O2/c1-12(9-19-2)17(22)21-14-5-6-16(15(18)8-14)23-11-13-4-3-7-20-10-13/h3-8,10,12,19H,9,11H2,1-2H3,(H,21,22). The van der Waals surface area contributed by atoms with Crippen LogP contribution < -0.4 is 15.4 Å². The molecular weight excluding hydrogens is 314 g/mol. The Morgan fingerprint density at radius 2 is 2.22 bits per heavy atom. The Hall–Kier alpha value is -2.11. The molecule has 0 aliphatic carbocycles. The van der Waals surface area contributed by atoms with E-state index in [0.29, 0.717) is 29.6 Å². The second-order valence-electron chi connectivity index (χ2n) is 5.24. The number of hydrogen-bond donors (Lipinski definition) is 2. The van der Waals surface area contributed by atoms with Crippen LogP contribution in [-0.4, -0.2) is 24.5 Å². The van der Waals surface area contributed by atoms with Crippen LogP contribution in [0.2, 0.25) is 5.02 Å². The lowest BCUT2D eigenvalue weighted by Gasteiger charge is -2.13. The van der Waals surface area contributed by atoms with E-state index in [1.165, 1.54) is 0 Å². The van der Waals surface area contributed by atoms with Gasteiger partial charge >= 0.3 is 0 Å². The van der Waals surface area contributed by atoms with Crippen LogP contribution >= 0.6 is 11.6 Å². The van der Waals surface area contributed by atoms with Crippen LogP contribution in [0.25, 0.3) is 0 Å². The highest BCUT2D eigenvalue weighted by atomic mass is 35.5. The second kappa shape index (κ2) is 8.50. The highest BCUT2D eigenvalue weighted by Gasteiger charge is 2.13. The molecule has 1 unspecified atom stereocenters. The van der Waals surface area contributed by atoms with Crippen molar-refractivity contribution in [3.8, 4) is 5.75 Å². The number of anilines is 1. The average Bonchev–Trinajstić information content (AvgIpc) is 2.55. The van der Waals surface area contributed by atoms with Gasteiger partial charge < -0.3 is 15.4 Å². The molecule has 0 saturated heterocycles. The van der Waals surface area contributed by atoms with Crippen LogP contribution in [0, 0.1) is 5.92 Å². The zero-order valence-electron chi connectivity index (χ0n) is 13.2. The molecule has 2 N–H and O–H groups in total. The summed E-state index contributed by atoms with van der Waals surface area (Å²) in [6.07, 6.45) is 3.45. The molecule has 1 heterocycles. The van der Waals surface area contributed by atoms with E-state index in [0.717, 1.165) is 5.56 Å².